The minimum atomic E-state index is -5.22. The van der Waals surface area contributed by atoms with Crippen LogP contribution in [0.3, 0.4) is 0 Å². The predicted octanol–water partition coefficient (Wildman–Crippen LogP) is 0.182. The van der Waals surface area contributed by atoms with Crippen molar-refractivity contribution in [1.29, 1.82) is 0 Å². The summed E-state index contributed by atoms with van der Waals surface area (Å²) in [6, 6.07) is 0. The van der Waals surface area contributed by atoms with Crippen molar-refractivity contribution < 1.29 is 101 Å². The maximum atomic E-state index is 12.3. The molecular weight excluding hydrogens is 945 g/mol. The second-order valence-corrected chi connectivity index (χ2v) is 24.8. The number of aliphatic hydroxyl groups excluding tert-OH is 8. The number of fused-ring (bicyclic) bond motifs is 4. The van der Waals surface area contributed by atoms with Crippen molar-refractivity contribution in [2.24, 2.45) is 45.3 Å². The maximum Gasteiger partial charge on any atom is 0.397 e. The topological polar surface area (TPSA) is 320 Å². The van der Waals surface area contributed by atoms with Crippen LogP contribution in [-0.2, 0) is 52.5 Å². The van der Waals surface area contributed by atoms with Crippen LogP contribution in [0.5, 0.6) is 0 Å². The number of ether oxygens (including phenoxy) is 8. The van der Waals surface area contributed by atoms with E-state index in [1.54, 1.807) is 0 Å². The molecule has 0 aromatic heterocycles. The van der Waals surface area contributed by atoms with Crippen molar-refractivity contribution in [3.63, 3.8) is 0 Å². The van der Waals surface area contributed by atoms with Crippen molar-refractivity contribution in [3.05, 3.63) is 11.6 Å². The molecule has 9 rings (SSSR count). The highest BCUT2D eigenvalue weighted by Gasteiger charge is 2.82. The fourth-order valence-corrected chi connectivity index (χ4v) is 16.6. The molecule has 2 bridgehead atoms. The van der Waals surface area contributed by atoms with Gasteiger partial charge < -0.3 is 83.9 Å². The molecule has 2 spiro atoms. The van der Waals surface area contributed by atoms with Gasteiger partial charge in [0.1, 0.15) is 67.1 Å². The van der Waals surface area contributed by atoms with Crippen LogP contribution >= 0.6 is 0 Å². The average Bonchev–Trinajstić information content (AvgIpc) is 3.89. The van der Waals surface area contributed by atoms with Gasteiger partial charge in [0.25, 0.3) is 0 Å². The van der Waals surface area contributed by atoms with Crippen LogP contribution in [0.4, 0.5) is 0 Å². The summed E-state index contributed by atoms with van der Waals surface area (Å²) < 4.78 is 88.0. The van der Waals surface area contributed by atoms with E-state index in [1.807, 2.05) is 6.92 Å². The molecule has 5 saturated heterocycles. The van der Waals surface area contributed by atoms with Crippen molar-refractivity contribution in [3.8, 4) is 0 Å². The summed E-state index contributed by atoms with van der Waals surface area (Å²) in [4.78, 5) is 0. The first kappa shape index (κ1) is 53.7. The lowest BCUT2D eigenvalue weighted by molar-refractivity contribution is -0.398. The zero-order valence-corrected chi connectivity index (χ0v) is 42.2. The van der Waals surface area contributed by atoms with Gasteiger partial charge in [-0.15, -0.1) is 0 Å². The molecule has 5 aliphatic heterocycles. The molecule has 5 heterocycles. The Bertz CT molecular complexity index is 2050. The third kappa shape index (κ3) is 8.33. The minimum absolute atomic E-state index is 0.116. The summed E-state index contributed by atoms with van der Waals surface area (Å²) in [5.41, 5.74) is -0.923. The number of hydrogen-bond acceptors (Lipinski definition) is 20. The Morgan fingerprint density at radius 1 is 0.714 bits per heavy atom. The van der Waals surface area contributed by atoms with Gasteiger partial charge >= 0.3 is 10.4 Å². The van der Waals surface area contributed by atoms with Crippen molar-refractivity contribution in [2.45, 2.75) is 222 Å². The highest BCUT2D eigenvalue weighted by Crippen LogP contribution is 2.81. The Hall–Kier alpha value is -1.07. The first-order valence-corrected chi connectivity index (χ1v) is 26.5. The highest BCUT2D eigenvalue weighted by atomic mass is 32.3. The summed E-state index contributed by atoms with van der Waals surface area (Å²) in [6.45, 7) is 15.5. The molecule has 9 fully saturated rings. The molecule has 0 aromatic rings. The van der Waals surface area contributed by atoms with E-state index in [1.165, 1.54) is 12.5 Å². The molecule has 26 atom stereocenters. The number of hydrogen-bond donors (Lipinski definition) is 10. The molecule has 21 nitrogen and oxygen atoms in total. The Morgan fingerprint density at radius 2 is 1.36 bits per heavy atom. The van der Waals surface area contributed by atoms with Gasteiger partial charge in [-0.2, -0.15) is 8.42 Å². The van der Waals surface area contributed by atoms with Crippen LogP contribution in [0.1, 0.15) is 107 Å². The Kier molecular flexibility index (Phi) is 14.3. The van der Waals surface area contributed by atoms with Crippen molar-refractivity contribution in [2.75, 3.05) is 19.8 Å². The largest absolute Gasteiger partial charge is 0.397 e. The fourth-order valence-electron chi connectivity index (χ4n) is 16.1. The molecule has 0 radical (unpaired) electrons. The van der Waals surface area contributed by atoms with Crippen LogP contribution < -0.4 is 0 Å². The third-order valence-electron chi connectivity index (χ3n) is 19.5. The first-order chi connectivity index (χ1) is 32.6. The molecule has 0 amide bonds. The fraction of sp³-hybridized carbons (Fsp3) is 0.958. The van der Waals surface area contributed by atoms with Crippen molar-refractivity contribution in [1.82, 2.24) is 0 Å². The summed E-state index contributed by atoms with van der Waals surface area (Å²) in [5, 5.41) is 99.5. The SMILES string of the molecule is CC(C)=CCC1OC23CC4(CO2)C(CCC2C5(C)CCC(OC6OC(CO)C(O)C(OC7OC(CO)C(OS(=O)(=O)O)C(O)C7O)C6OC6OC(C)C(O)C(O)C6O)C(C)(C)C5CCC24C)C3C1(C)O. The molecular formula is C48H78O21S. The summed E-state index contributed by atoms with van der Waals surface area (Å²) in [5.74, 6) is -0.328. The van der Waals surface area contributed by atoms with Gasteiger partial charge in [-0.05, 0) is 107 Å². The summed E-state index contributed by atoms with van der Waals surface area (Å²) in [6.07, 6.45) is -18.4. The van der Waals surface area contributed by atoms with Crippen molar-refractivity contribution >= 4 is 10.4 Å². The predicted molar refractivity (Wildman–Crippen MR) is 240 cm³/mol. The number of allylic oxidation sites excluding steroid dienone is 1. The molecule has 26 unspecified atom stereocenters. The molecule has 4 aliphatic carbocycles. The van der Waals surface area contributed by atoms with E-state index in [4.69, 9.17) is 37.9 Å². The zero-order chi connectivity index (χ0) is 51.1. The quantitative estimate of drug-likeness (QED) is 0.0708. The van der Waals surface area contributed by atoms with E-state index in [0.29, 0.717) is 25.4 Å². The van der Waals surface area contributed by atoms with E-state index in [2.05, 4.69) is 51.8 Å². The normalized spacial score (nSPS) is 55.0. The molecule has 0 aromatic carbocycles. The lowest BCUT2D eigenvalue weighted by Gasteiger charge is -2.70. The van der Waals surface area contributed by atoms with Crippen LogP contribution in [-0.4, -0.2) is 194 Å². The molecule has 22 heteroatoms. The smallest absolute Gasteiger partial charge is 0.394 e. The van der Waals surface area contributed by atoms with E-state index < -0.39 is 139 Å². The third-order valence-corrected chi connectivity index (χ3v) is 20.0. The Labute approximate surface area is 409 Å². The average molecular weight is 1020 g/mol. The van der Waals surface area contributed by atoms with Crippen LogP contribution in [0, 0.1) is 45.3 Å². The molecule has 9 aliphatic rings. The van der Waals surface area contributed by atoms with Crippen LogP contribution in [0.25, 0.3) is 0 Å². The van der Waals surface area contributed by atoms with Gasteiger partial charge in [0, 0.05) is 17.8 Å². The highest BCUT2D eigenvalue weighted by molar-refractivity contribution is 7.80. The molecule has 402 valence electrons. The van der Waals surface area contributed by atoms with Gasteiger partial charge in [-0.25, -0.2) is 4.18 Å². The minimum Gasteiger partial charge on any atom is -0.394 e. The van der Waals surface area contributed by atoms with Crippen LogP contribution in [0.2, 0.25) is 0 Å². The Morgan fingerprint density at radius 3 is 2.01 bits per heavy atom. The number of aliphatic hydroxyl groups is 9. The zero-order valence-electron chi connectivity index (χ0n) is 41.4. The van der Waals surface area contributed by atoms with Gasteiger partial charge in [0.05, 0.1) is 43.7 Å². The first-order valence-electron chi connectivity index (χ1n) is 25.2. The lowest BCUT2D eigenvalue weighted by atomic mass is 9.35. The molecule has 10 N–H and O–H groups in total. The Balaban J connectivity index is 0.986. The summed E-state index contributed by atoms with van der Waals surface area (Å²) >= 11 is 0. The van der Waals surface area contributed by atoms with Gasteiger partial charge in [-0.1, -0.05) is 39.3 Å². The maximum absolute atomic E-state index is 12.3. The van der Waals surface area contributed by atoms with Crippen LogP contribution in [0.15, 0.2) is 11.6 Å². The standard InChI is InChI=1S/C48H78O21S/c1-21(2)9-12-29-46(8,57)39-23-10-11-27-44(6)15-14-28(43(4,5)26(44)13-16-45(27,7)47(23)19-48(39,68-29)61-20-47)65-42-38(67-40-34(55)32(53)30(51)22(3)62-40)37(31(52)24(17-49)63-42)66-41-35(56)33(54)36(25(18-50)64-41)69-70(58,59)60/h9,22-42,49-57H,10-20H2,1-8H3,(H,58,59,60). The van der Waals surface area contributed by atoms with Gasteiger partial charge in [0.15, 0.2) is 24.7 Å². The second kappa shape index (κ2) is 18.6. The van der Waals surface area contributed by atoms with Gasteiger partial charge in [0.2, 0.25) is 0 Å². The molecule has 4 saturated carbocycles. The lowest BCUT2D eigenvalue weighted by Crippen LogP contribution is -2.68. The van der Waals surface area contributed by atoms with Gasteiger partial charge in [-0.3, -0.25) is 4.55 Å². The van der Waals surface area contributed by atoms with E-state index in [0.717, 1.165) is 38.5 Å². The van der Waals surface area contributed by atoms with E-state index in [9.17, 15) is 58.9 Å². The second-order valence-electron chi connectivity index (χ2n) is 23.8. The molecule has 70 heavy (non-hydrogen) atoms. The monoisotopic (exact) mass is 1020 g/mol. The van der Waals surface area contributed by atoms with E-state index in [-0.39, 0.29) is 40.1 Å². The van der Waals surface area contributed by atoms with E-state index >= 15 is 0 Å². The number of rotatable bonds is 12. The summed E-state index contributed by atoms with van der Waals surface area (Å²) in [7, 11) is -5.22.